The van der Waals surface area contributed by atoms with E-state index in [1.54, 1.807) is 16.7 Å². The molecule has 5 heteroatoms. The Morgan fingerprint density at radius 2 is 2.15 bits per heavy atom. The van der Waals surface area contributed by atoms with Crippen LogP contribution >= 0.6 is 11.6 Å². The van der Waals surface area contributed by atoms with Gasteiger partial charge in [-0.1, -0.05) is 18.5 Å². The lowest BCUT2D eigenvalue weighted by Crippen LogP contribution is -1.93. The molecule has 0 saturated heterocycles. The molecule has 4 nitrogen and oxygen atoms in total. The summed E-state index contributed by atoms with van der Waals surface area (Å²) in [5.41, 5.74) is 7.59. The first kappa shape index (κ1) is 11.9. The van der Waals surface area contributed by atoms with Crippen molar-refractivity contribution < 1.29 is 4.42 Å². The van der Waals surface area contributed by atoms with E-state index in [-0.39, 0.29) is 0 Å². The highest BCUT2D eigenvalue weighted by molar-refractivity contribution is 6.30. The number of pyridine rings is 1. The van der Waals surface area contributed by atoms with Crippen LogP contribution in [-0.4, -0.2) is 9.38 Å². The minimum absolute atomic E-state index is 0.548. The number of nitrogens with two attached hydrogens (primary N) is 1. The maximum atomic E-state index is 6.15. The number of anilines is 1. The van der Waals surface area contributed by atoms with E-state index in [1.165, 1.54) is 6.42 Å². The first-order valence-corrected chi connectivity index (χ1v) is 7.04. The van der Waals surface area contributed by atoms with Crippen molar-refractivity contribution in [3.05, 3.63) is 41.2 Å². The molecule has 0 spiro atoms. The van der Waals surface area contributed by atoms with Crippen LogP contribution in [0.1, 0.15) is 25.0 Å². The summed E-state index contributed by atoms with van der Waals surface area (Å²) < 4.78 is 7.69. The number of nitrogen functional groups attached to an aromatic ring is 1. The van der Waals surface area contributed by atoms with Gasteiger partial charge in [0.15, 0.2) is 5.76 Å². The van der Waals surface area contributed by atoms with E-state index >= 15 is 0 Å². The van der Waals surface area contributed by atoms with Crippen molar-refractivity contribution in [3.63, 3.8) is 0 Å². The van der Waals surface area contributed by atoms with E-state index in [0.717, 1.165) is 17.2 Å². The Morgan fingerprint density at radius 3 is 2.90 bits per heavy atom. The van der Waals surface area contributed by atoms with Crippen LogP contribution in [0.4, 0.5) is 5.82 Å². The maximum absolute atomic E-state index is 6.15. The zero-order valence-electron chi connectivity index (χ0n) is 11.0. The molecule has 3 heterocycles. The molecule has 20 heavy (non-hydrogen) atoms. The normalized spacial score (nSPS) is 21.5. The van der Waals surface area contributed by atoms with Crippen LogP contribution in [0, 0.1) is 5.92 Å². The number of hydrogen-bond donors (Lipinski definition) is 1. The molecule has 1 aliphatic carbocycles. The molecule has 1 aliphatic rings. The highest BCUT2D eigenvalue weighted by Crippen LogP contribution is 2.48. The van der Waals surface area contributed by atoms with Crippen molar-refractivity contribution in [3.8, 4) is 11.5 Å². The Balaban J connectivity index is 1.81. The van der Waals surface area contributed by atoms with E-state index in [2.05, 4.69) is 11.9 Å². The summed E-state index contributed by atoms with van der Waals surface area (Å²) in [6.07, 6.45) is 2.96. The second-order valence-corrected chi connectivity index (χ2v) is 5.88. The molecule has 0 radical (unpaired) electrons. The second kappa shape index (κ2) is 4.03. The first-order chi connectivity index (χ1) is 9.63. The second-order valence-electron chi connectivity index (χ2n) is 5.44. The fourth-order valence-corrected chi connectivity index (χ4v) is 2.78. The van der Waals surface area contributed by atoms with E-state index in [4.69, 9.17) is 21.8 Å². The third kappa shape index (κ3) is 1.72. The summed E-state index contributed by atoms with van der Waals surface area (Å²) in [6.45, 7) is 2.23. The van der Waals surface area contributed by atoms with Crippen molar-refractivity contribution >= 4 is 23.1 Å². The fraction of sp³-hybridized carbons (Fsp3) is 0.267. The standard InChI is InChI=1S/C15H14ClN3O/c1-8-6-10(8)11-3-4-12(20-11)14-15(17)19-7-9(16)2-5-13(19)18-14/h2-5,7-8,10H,6,17H2,1H3. The van der Waals surface area contributed by atoms with Gasteiger partial charge in [-0.05, 0) is 36.6 Å². The number of imidazole rings is 1. The Morgan fingerprint density at radius 1 is 1.35 bits per heavy atom. The Bertz CT molecular complexity index is 805. The molecule has 0 aromatic carbocycles. The lowest BCUT2D eigenvalue weighted by molar-refractivity contribution is 0.517. The number of hydrogen-bond acceptors (Lipinski definition) is 3. The average Bonchev–Trinajstić information content (AvgIpc) is 2.87. The Hall–Kier alpha value is -1.94. The third-order valence-electron chi connectivity index (χ3n) is 3.95. The van der Waals surface area contributed by atoms with Crippen molar-refractivity contribution in [2.75, 3.05) is 5.73 Å². The number of fused-ring (bicyclic) bond motifs is 1. The first-order valence-electron chi connectivity index (χ1n) is 6.66. The molecular weight excluding hydrogens is 274 g/mol. The van der Waals surface area contributed by atoms with Gasteiger partial charge in [0.25, 0.3) is 0 Å². The topological polar surface area (TPSA) is 56.5 Å². The van der Waals surface area contributed by atoms with Gasteiger partial charge in [-0.3, -0.25) is 4.40 Å². The van der Waals surface area contributed by atoms with Crippen molar-refractivity contribution in [2.24, 2.45) is 5.92 Å². The van der Waals surface area contributed by atoms with Crippen LogP contribution in [0.2, 0.25) is 5.02 Å². The highest BCUT2D eigenvalue weighted by atomic mass is 35.5. The molecular formula is C15H14ClN3O. The van der Waals surface area contributed by atoms with Crippen LogP contribution in [0.5, 0.6) is 0 Å². The smallest absolute Gasteiger partial charge is 0.156 e. The predicted molar refractivity (Wildman–Crippen MR) is 78.8 cm³/mol. The third-order valence-corrected chi connectivity index (χ3v) is 4.18. The molecule has 1 fully saturated rings. The highest BCUT2D eigenvalue weighted by Gasteiger charge is 2.36. The van der Waals surface area contributed by atoms with Gasteiger partial charge in [0.05, 0.1) is 5.02 Å². The van der Waals surface area contributed by atoms with E-state index < -0.39 is 0 Å². The van der Waals surface area contributed by atoms with Gasteiger partial charge < -0.3 is 10.2 Å². The van der Waals surface area contributed by atoms with E-state index in [0.29, 0.717) is 28.4 Å². The van der Waals surface area contributed by atoms with E-state index in [1.807, 2.05) is 18.2 Å². The van der Waals surface area contributed by atoms with Crippen LogP contribution in [-0.2, 0) is 0 Å². The quantitative estimate of drug-likeness (QED) is 0.776. The molecule has 4 rings (SSSR count). The summed E-state index contributed by atoms with van der Waals surface area (Å²) in [7, 11) is 0. The van der Waals surface area contributed by atoms with Gasteiger partial charge in [0.2, 0.25) is 0 Å². The van der Waals surface area contributed by atoms with Crippen LogP contribution in [0.3, 0.4) is 0 Å². The van der Waals surface area contributed by atoms with Gasteiger partial charge in [0.1, 0.15) is 22.9 Å². The molecule has 0 amide bonds. The van der Waals surface area contributed by atoms with Gasteiger partial charge in [-0.25, -0.2) is 4.98 Å². The minimum Gasteiger partial charge on any atom is -0.459 e. The monoisotopic (exact) mass is 287 g/mol. The summed E-state index contributed by atoms with van der Waals surface area (Å²) in [6, 6.07) is 7.61. The van der Waals surface area contributed by atoms with Crippen LogP contribution in [0.25, 0.3) is 17.1 Å². The van der Waals surface area contributed by atoms with Crippen LogP contribution in [0.15, 0.2) is 34.9 Å². The van der Waals surface area contributed by atoms with E-state index in [9.17, 15) is 0 Å². The zero-order chi connectivity index (χ0) is 13.9. The van der Waals surface area contributed by atoms with Crippen molar-refractivity contribution in [1.29, 1.82) is 0 Å². The summed E-state index contributed by atoms with van der Waals surface area (Å²) in [4.78, 5) is 4.52. The molecule has 3 aromatic heterocycles. The lowest BCUT2D eigenvalue weighted by Gasteiger charge is -1.97. The molecule has 2 atom stereocenters. The number of furan rings is 1. The lowest BCUT2D eigenvalue weighted by atomic mass is 10.2. The van der Waals surface area contributed by atoms with Crippen molar-refractivity contribution in [2.45, 2.75) is 19.3 Å². The largest absolute Gasteiger partial charge is 0.459 e. The fourth-order valence-electron chi connectivity index (χ4n) is 2.62. The molecule has 2 N–H and O–H groups in total. The summed E-state index contributed by atoms with van der Waals surface area (Å²) >= 11 is 5.99. The minimum atomic E-state index is 0.548. The van der Waals surface area contributed by atoms with Crippen LogP contribution < -0.4 is 5.73 Å². The number of aromatic nitrogens is 2. The zero-order valence-corrected chi connectivity index (χ0v) is 11.8. The Labute approximate surface area is 121 Å². The number of nitrogens with zero attached hydrogens (tertiary/aromatic N) is 2. The number of rotatable bonds is 2. The summed E-state index contributed by atoms with van der Waals surface area (Å²) in [5.74, 6) is 3.56. The molecule has 3 aromatic rings. The molecule has 1 saturated carbocycles. The predicted octanol–water partition coefficient (Wildman–Crippen LogP) is 3.95. The summed E-state index contributed by atoms with van der Waals surface area (Å²) in [5, 5.41) is 0.625. The maximum Gasteiger partial charge on any atom is 0.156 e. The van der Waals surface area contributed by atoms with Gasteiger partial charge >= 0.3 is 0 Å². The molecule has 2 unspecified atom stereocenters. The molecule has 0 bridgehead atoms. The van der Waals surface area contributed by atoms with Gasteiger partial charge in [-0.15, -0.1) is 0 Å². The van der Waals surface area contributed by atoms with Gasteiger partial charge in [0, 0.05) is 12.1 Å². The van der Waals surface area contributed by atoms with Crippen molar-refractivity contribution in [1.82, 2.24) is 9.38 Å². The Kier molecular flexibility index (Phi) is 2.39. The van der Waals surface area contributed by atoms with Gasteiger partial charge in [-0.2, -0.15) is 0 Å². The number of halogens is 1. The molecule has 102 valence electrons. The average molecular weight is 288 g/mol. The SMILES string of the molecule is CC1CC1c1ccc(-c2nc3ccc(Cl)cn3c2N)o1. The molecule has 0 aliphatic heterocycles.